The van der Waals surface area contributed by atoms with Gasteiger partial charge in [-0.15, -0.1) is 0 Å². The minimum atomic E-state index is -0.0541. The molecule has 4 heteroatoms. The number of hydrogen-bond donors (Lipinski definition) is 3. The van der Waals surface area contributed by atoms with Crippen LogP contribution in [0.25, 0.3) is 0 Å². The molecular formula is C11H21N3O. The molecule has 0 aliphatic carbocycles. The van der Waals surface area contributed by atoms with Crippen molar-refractivity contribution in [2.24, 2.45) is 11.5 Å². The van der Waals surface area contributed by atoms with Crippen LogP contribution in [0, 0.1) is 0 Å². The molecule has 0 unspecified atom stereocenters. The highest BCUT2D eigenvalue weighted by Crippen LogP contribution is 2.15. The zero-order valence-corrected chi connectivity index (χ0v) is 9.75. The first kappa shape index (κ1) is 13.4. The number of hydrogen-bond acceptors (Lipinski definition) is 4. The second-order valence-electron chi connectivity index (χ2n) is 3.45. The van der Waals surface area contributed by atoms with Gasteiger partial charge in [-0.05, 0) is 19.9 Å². The summed E-state index contributed by atoms with van der Waals surface area (Å²) in [7, 11) is 1.69. The molecule has 0 amide bonds. The molecule has 0 bridgehead atoms. The molecule has 0 aliphatic heterocycles. The summed E-state index contributed by atoms with van der Waals surface area (Å²) < 4.78 is 0. The van der Waals surface area contributed by atoms with Crippen molar-refractivity contribution < 1.29 is 5.11 Å². The Hall–Kier alpha value is -1.58. The Morgan fingerprint density at radius 1 is 1.47 bits per heavy atom. The molecule has 0 fully saturated rings. The van der Waals surface area contributed by atoms with Gasteiger partial charge in [-0.3, -0.25) is 0 Å². The van der Waals surface area contributed by atoms with Crippen molar-refractivity contribution in [3.63, 3.8) is 0 Å². The van der Waals surface area contributed by atoms with Gasteiger partial charge < -0.3 is 21.5 Å². The first-order valence-electron chi connectivity index (χ1n) is 4.95. The largest absolute Gasteiger partial charge is 0.495 e. The number of nitrogens with zero attached hydrogens (tertiary/aromatic N) is 1. The van der Waals surface area contributed by atoms with Crippen LogP contribution in [0.1, 0.15) is 26.7 Å². The normalized spacial score (nSPS) is 13.4. The predicted molar refractivity (Wildman–Crippen MR) is 63.6 cm³/mol. The standard InChI is InChI=1S/C11H21N3O/c1-5-6-7-10(11(13)8(2)12)14(4)9(3)15/h7,15H,3,5-6,12-13H2,1-2,4H3/b10-7-,11-8+. The van der Waals surface area contributed by atoms with Crippen molar-refractivity contribution >= 4 is 0 Å². The topological polar surface area (TPSA) is 75.5 Å². The second kappa shape index (κ2) is 6.01. The number of nitrogens with two attached hydrogens (primary N) is 2. The third kappa shape index (κ3) is 3.97. The van der Waals surface area contributed by atoms with Crippen molar-refractivity contribution in [3.8, 4) is 0 Å². The summed E-state index contributed by atoms with van der Waals surface area (Å²) in [5.74, 6) is -0.0541. The first-order chi connectivity index (χ1) is 6.91. The number of unbranched alkanes of at least 4 members (excludes halogenated alkanes) is 1. The van der Waals surface area contributed by atoms with E-state index in [9.17, 15) is 5.11 Å². The van der Waals surface area contributed by atoms with Crippen LogP contribution < -0.4 is 11.5 Å². The van der Waals surface area contributed by atoms with Crippen LogP contribution in [0.5, 0.6) is 0 Å². The van der Waals surface area contributed by atoms with Crippen LogP contribution >= 0.6 is 0 Å². The molecule has 4 nitrogen and oxygen atoms in total. The van der Waals surface area contributed by atoms with Gasteiger partial charge in [-0.2, -0.15) is 0 Å². The number of rotatable bonds is 5. The fraction of sp³-hybridized carbons (Fsp3) is 0.455. The Bertz CT molecular complexity index is 288. The van der Waals surface area contributed by atoms with Crippen molar-refractivity contribution in [3.05, 3.63) is 35.6 Å². The number of likely N-dealkylation sites (N-methyl/N-ethyl adjacent to an activating group) is 1. The van der Waals surface area contributed by atoms with E-state index in [1.54, 1.807) is 14.0 Å². The third-order valence-corrected chi connectivity index (χ3v) is 2.08. The van der Waals surface area contributed by atoms with Crippen molar-refractivity contribution in [2.45, 2.75) is 26.7 Å². The number of aliphatic hydroxyl groups excluding tert-OH is 1. The molecule has 5 N–H and O–H groups in total. The van der Waals surface area contributed by atoms with E-state index < -0.39 is 0 Å². The van der Waals surface area contributed by atoms with Crippen LogP contribution in [0.15, 0.2) is 35.6 Å². The van der Waals surface area contributed by atoms with E-state index in [2.05, 4.69) is 13.5 Å². The highest BCUT2D eigenvalue weighted by Gasteiger charge is 2.10. The van der Waals surface area contributed by atoms with Gasteiger partial charge in [0.05, 0.1) is 11.4 Å². The molecule has 0 atom stereocenters. The average molecular weight is 211 g/mol. The van der Waals surface area contributed by atoms with Gasteiger partial charge >= 0.3 is 0 Å². The minimum Gasteiger partial charge on any atom is -0.495 e. The Labute approximate surface area is 91.6 Å². The van der Waals surface area contributed by atoms with Crippen molar-refractivity contribution in [1.82, 2.24) is 4.90 Å². The van der Waals surface area contributed by atoms with E-state index >= 15 is 0 Å². The fourth-order valence-corrected chi connectivity index (χ4v) is 1.05. The molecule has 0 saturated carbocycles. The Balaban J connectivity index is 5.07. The SMILES string of the molecule is C=C(O)N(C)C(=C\CCC)/C(N)=C(/C)N. The maximum absolute atomic E-state index is 9.29. The Morgan fingerprint density at radius 3 is 2.33 bits per heavy atom. The smallest absolute Gasteiger partial charge is 0.183 e. The quantitative estimate of drug-likeness (QED) is 0.478. The highest BCUT2D eigenvalue weighted by atomic mass is 16.3. The van der Waals surface area contributed by atoms with Crippen LogP contribution in [-0.4, -0.2) is 17.1 Å². The summed E-state index contributed by atoms with van der Waals surface area (Å²) >= 11 is 0. The highest BCUT2D eigenvalue weighted by molar-refractivity contribution is 5.31. The van der Waals surface area contributed by atoms with E-state index in [1.807, 2.05) is 6.08 Å². The third-order valence-electron chi connectivity index (χ3n) is 2.08. The van der Waals surface area contributed by atoms with Crippen LogP contribution in [0.3, 0.4) is 0 Å². The lowest BCUT2D eigenvalue weighted by atomic mass is 10.2. The molecule has 0 aromatic heterocycles. The van der Waals surface area contributed by atoms with Crippen LogP contribution in [0.4, 0.5) is 0 Å². The molecule has 15 heavy (non-hydrogen) atoms. The van der Waals surface area contributed by atoms with E-state index in [4.69, 9.17) is 11.5 Å². The van der Waals surface area contributed by atoms with Gasteiger partial charge in [-0.25, -0.2) is 0 Å². The summed E-state index contributed by atoms with van der Waals surface area (Å²) in [5.41, 5.74) is 13.2. The van der Waals surface area contributed by atoms with Gasteiger partial charge in [0.15, 0.2) is 5.88 Å². The monoisotopic (exact) mass is 211 g/mol. The molecule has 0 radical (unpaired) electrons. The molecule has 0 aromatic carbocycles. The Kier molecular flexibility index (Phi) is 5.37. The van der Waals surface area contributed by atoms with Gasteiger partial charge in [0.25, 0.3) is 0 Å². The lowest BCUT2D eigenvalue weighted by Crippen LogP contribution is -2.23. The lowest BCUT2D eigenvalue weighted by Gasteiger charge is -2.22. The molecule has 0 heterocycles. The van der Waals surface area contributed by atoms with Gasteiger partial charge in [0.1, 0.15) is 0 Å². The second-order valence-corrected chi connectivity index (χ2v) is 3.45. The molecule has 86 valence electrons. The molecule has 0 rings (SSSR count). The average Bonchev–Trinajstić information content (AvgIpc) is 2.17. The zero-order chi connectivity index (χ0) is 12.0. The molecule has 0 aromatic rings. The maximum Gasteiger partial charge on any atom is 0.183 e. The molecular weight excluding hydrogens is 190 g/mol. The van der Waals surface area contributed by atoms with Crippen LogP contribution in [-0.2, 0) is 0 Å². The van der Waals surface area contributed by atoms with Crippen LogP contribution in [0.2, 0.25) is 0 Å². The summed E-state index contributed by atoms with van der Waals surface area (Å²) in [6.07, 6.45) is 3.82. The van der Waals surface area contributed by atoms with E-state index in [0.29, 0.717) is 17.1 Å². The molecule has 0 saturated heterocycles. The number of aliphatic hydroxyl groups is 1. The van der Waals surface area contributed by atoms with Crippen molar-refractivity contribution in [2.75, 3.05) is 7.05 Å². The fourth-order valence-electron chi connectivity index (χ4n) is 1.05. The Morgan fingerprint density at radius 2 is 2.00 bits per heavy atom. The van der Waals surface area contributed by atoms with E-state index in [-0.39, 0.29) is 5.88 Å². The minimum absolute atomic E-state index is 0.0541. The summed E-state index contributed by atoms with van der Waals surface area (Å²) in [4.78, 5) is 1.52. The van der Waals surface area contributed by atoms with Gasteiger partial charge in [0.2, 0.25) is 0 Å². The molecule has 0 spiro atoms. The van der Waals surface area contributed by atoms with E-state index in [1.165, 1.54) is 4.90 Å². The zero-order valence-electron chi connectivity index (χ0n) is 9.75. The first-order valence-corrected chi connectivity index (χ1v) is 4.95. The van der Waals surface area contributed by atoms with Gasteiger partial charge in [-0.1, -0.05) is 19.4 Å². The lowest BCUT2D eigenvalue weighted by molar-refractivity contribution is 0.273. The maximum atomic E-state index is 9.29. The van der Waals surface area contributed by atoms with Crippen molar-refractivity contribution in [1.29, 1.82) is 0 Å². The van der Waals surface area contributed by atoms with Gasteiger partial charge in [0, 0.05) is 12.7 Å². The molecule has 0 aliphatic rings. The summed E-state index contributed by atoms with van der Waals surface area (Å²) in [6.45, 7) is 7.24. The number of allylic oxidation sites excluding steroid dienone is 2. The van der Waals surface area contributed by atoms with E-state index in [0.717, 1.165) is 12.8 Å². The summed E-state index contributed by atoms with van der Waals surface area (Å²) in [5, 5.41) is 9.29. The predicted octanol–water partition coefficient (Wildman–Crippen LogP) is 1.78. The summed E-state index contributed by atoms with van der Waals surface area (Å²) in [6, 6.07) is 0.